The summed E-state index contributed by atoms with van der Waals surface area (Å²) in [6.07, 6.45) is -2.90. The van der Waals surface area contributed by atoms with Gasteiger partial charge in [0.05, 0.1) is 12.1 Å². The van der Waals surface area contributed by atoms with Crippen LogP contribution in [0.25, 0.3) is 0 Å². The number of carboxylic acid groups (broad SMARTS) is 1. The zero-order chi connectivity index (χ0) is 14.8. The van der Waals surface area contributed by atoms with E-state index in [1.54, 1.807) is 0 Å². The van der Waals surface area contributed by atoms with Crippen LogP contribution >= 0.6 is 0 Å². The van der Waals surface area contributed by atoms with E-state index >= 15 is 0 Å². The standard InChI is InChI=1S/C10H10F3NO4S/c1-14(5-9(12)13)19(17,18)8-3-2-6(10(15)16)4-7(8)11/h2-4,9H,5H2,1H3,(H,15,16). The van der Waals surface area contributed by atoms with Crippen LogP contribution in [-0.2, 0) is 10.0 Å². The van der Waals surface area contributed by atoms with Gasteiger partial charge in [0.1, 0.15) is 10.7 Å². The number of alkyl halides is 2. The lowest BCUT2D eigenvalue weighted by atomic mass is 10.2. The zero-order valence-electron chi connectivity index (χ0n) is 9.68. The number of hydrogen-bond donors (Lipinski definition) is 1. The molecule has 0 aliphatic carbocycles. The predicted octanol–water partition coefficient (Wildman–Crippen LogP) is 1.41. The van der Waals surface area contributed by atoms with Crippen molar-refractivity contribution in [3.05, 3.63) is 29.6 Å². The molecule has 0 unspecified atom stereocenters. The molecule has 1 N–H and O–H groups in total. The lowest BCUT2D eigenvalue weighted by molar-refractivity contribution is 0.0696. The van der Waals surface area contributed by atoms with Gasteiger partial charge in [0, 0.05) is 7.05 Å². The molecule has 1 rings (SSSR count). The van der Waals surface area contributed by atoms with E-state index in [2.05, 4.69) is 0 Å². The van der Waals surface area contributed by atoms with E-state index in [4.69, 9.17) is 5.11 Å². The molecule has 0 spiro atoms. The number of rotatable bonds is 5. The summed E-state index contributed by atoms with van der Waals surface area (Å²) in [5.41, 5.74) is -0.437. The van der Waals surface area contributed by atoms with Crippen LogP contribution in [0.4, 0.5) is 13.2 Å². The van der Waals surface area contributed by atoms with Gasteiger partial charge in [-0.25, -0.2) is 26.4 Å². The Morgan fingerprint density at radius 2 is 2.00 bits per heavy atom. The fourth-order valence-corrected chi connectivity index (χ4v) is 2.49. The average molecular weight is 297 g/mol. The number of nitrogens with zero attached hydrogens (tertiary/aromatic N) is 1. The highest BCUT2D eigenvalue weighted by Gasteiger charge is 2.27. The fraction of sp³-hybridized carbons (Fsp3) is 0.300. The highest BCUT2D eigenvalue weighted by Crippen LogP contribution is 2.20. The van der Waals surface area contributed by atoms with Gasteiger partial charge in [-0.1, -0.05) is 0 Å². The second-order valence-corrected chi connectivity index (χ2v) is 5.64. The molecule has 0 aromatic heterocycles. The number of carboxylic acids is 1. The number of carbonyl (C=O) groups is 1. The van der Waals surface area contributed by atoms with Crippen LogP contribution in [0.5, 0.6) is 0 Å². The van der Waals surface area contributed by atoms with Crippen LogP contribution in [0.3, 0.4) is 0 Å². The van der Waals surface area contributed by atoms with Crippen molar-refractivity contribution in [3.63, 3.8) is 0 Å². The minimum atomic E-state index is -4.42. The third-order valence-electron chi connectivity index (χ3n) is 2.26. The van der Waals surface area contributed by atoms with E-state index in [0.29, 0.717) is 10.4 Å². The van der Waals surface area contributed by atoms with Crippen molar-refractivity contribution in [2.24, 2.45) is 0 Å². The number of sulfonamides is 1. The molecule has 1 aromatic rings. The lowest BCUT2D eigenvalue weighted by Crippen LogP contribution is -2.32. The molecule has 0 aliphatic heterocycles. The summed E-state index contributed by atoms with van der Waals surface area (Å²) in [7, 11) is -3.54. The van der Waals surface area contributed by atoms with Crippen molar-refractivity contribution in [1.29, 1.82) is 0 Å². The topological polar surface area (TPSA) is 74.7 Å². The minimum absolute atomic E-state index is 0.302. The van der Waals surface area contributed by atoms with Crippen molar-refractivity contribution in [2.75, 3.05) is 13.6 Å². The molecule has 0 aliphatic rings. The highest BCUT2D eigenvalue weighted by atomic mass is 32.2. The molecule has 9 heteroatoms. The zero-order valence-corrected chi connectivity index (χ0v) is 10.5. The molecule has 19 heavy (non-hydrogen) atoms. The Bertz CT molecular complexity index is 588. The van der Waals surface area contributed by atoms with Crippen molar-refractivity contribution >= 4 is 16.0 Å². The molecule has 0 saturated heterocycles. The summed E-state index contributed by atoms with van der Waals surface area (Å²) in [6.45, 7) is -1.08. The Hall–Kier alpha value is -1.61. The first kappa shape index (κ1) is 15.4. The number of halogens is 3. The first-order valence-corrected chi connectivity index (χ1v) is 6.37. The number of aromatic carboxylic acids is 1. The van der Waals surface area contributed by atoms with Gasteiger partial charge in [0.25, 0.3) is 6.43 Å². The normalized spacial score (nSPS) is 12.1. The first-order valence-electron chi connectivity index (χ1n) is 4.93. The van der Waals surface area contributed by atoms with Gasteiger partial charge in [-0.05, 0) is 18.2 Å². The third kappa shape index (κ3) is 3.44. The Balaban J connectivity index is 3.19. The van der Waals surface area contributed by atoms with Crippen LogP contribution in [0.15, 0.2) is 23.1 Å². The summed E-state index contributed by atoms with van der Waals surface area (Å²) >= 11 is 0. The van der Waals surface area contributed by atoms with E-state index in [9.17, 15) is 26.4 Å². The van der Waals surface area contributed by atoms with Crippen LogP contribution in [0.1, 0.15) is 10.4 Å². The van der Waals surface area contributed by atoms with E-state index < -0.39 is 45.2 Å². The molecule has 5 nitrogen and oxygen atoms in total. The molecular weight excluding hydrogens is 287 g/mol. The first-order chi connectivity index (χ1) is 8.66. The van der Waals surface area contributed by atoms with Gasteiger partial charge >= 0.3 is 5.97 Å². The fourth-order valence-electron chi connectivity index (χ4n) is 1.30. The summed E-state index contributed by atoms with van der Waals surface area (Å²) < 4.78 is 61.6. The van der Waals surface area contributed by atoms with Crippen LogP contribution in [-0.4, -0.2) is 43.8 Å². The molecule has 0 fully saturated rings. The van der Waals surface area contributed by atoms with E-state index in [1.165, 1.54) is 0 Å². The molecule has 0 amide bonds. The average Bonchev–Trinajstić information content (AvgIpc) is 2.27. The van der Waals surface area contributed by atoms with Crippen LogP contribution < -0.4 is 0 Å². The quantitative estimate of drug-likeness (QED) is 0.891. The molecule has 0 radical (unpaired) electrons. The lowest BCUT2D eigenvalue weighted by Gasteiger charge is -2.17. The monoisotopic (exact) mass is 297 g/mol. The SMILES string of the molecule is CN(CC(F)F)S(=O)(=O)c1ccc(C(=O)O)cc1F. The molecule has 0 saturated carbocycles. The smallest absolute Gasteiger partial charge is 0.335 e. The molecule has 1 aromatic carbocycles. The van der Waals surface area contributed by atoms with E-state index in [0.717, 1.165) is 19.2 Å². The van der Waals surface area contributed by atoms with Gasteiger partial charge in [0.2, 0.25) is 10.0 Å². The molecule has 0 heterocycles. The minimum Gasteiger partial charge on any atom is -0.478 e. The Kier molecular flexibility index (Phi) is 4.53. The van der Waals surface area contributed by atoms with Crippen molar-refractivity contribution in [2.45, 2.75) is 11.3 Å². The van der Waals surface area contributed by atoms with Gasteiger partial charge in [-0.2, -0.15) is 4.31 Å². The highest BCUT2D eigenvalue weighted by molar-refractivity contribution is 7.89. The van der Waals surface area contributed by atoms with E-state index in [-0.39, 0.29) is 0 Å². The maximum atomic E-state index is 13.5. The Labute approximate surface area is 107 Å². The summed E-state index contributed by atoms with van der Waals surface area (Å²) in [5, 5.41) is 8.61. The van der Waals surface area contributed by atoms with Gasteiger partial charge < -0.3 is 5.11 Å². The predicted molar refractivity (Wildman–Crippen MR) is 59.2 cm³/mol. The molecule has 0 atom stereocenters. The maximum absolute atomic E-state index is 13.5. The van der Waals surface area contributed by atoms with Gasteiger partial charge in [-0.3, -0.25) is 0 Å². The number of hydrogen-bond acceptors (Lipinski definition) is 3. The van der Waals surface area contributed by atoms with E-state index in [1.807, 2.05) is 0 Å². The van der Waals surface area contributed by atoms with Crippen molar-refractivity contribution < 1.29 is 31.5 Å². The Morgan fingerprint density at radius 3 is 2.42 bits per heavy atom. The Morgan fingerprint density at radius 1 is 1.42 bits per heavy atom. The van der Waals surface area contributed by atoms with Crippen molar-refractivity contribution in [3.8, 4) is 0 Å². The summed E-state index contributed by atoms with van der Waals surface area (Å²) in [4.78, 5) is 9.72. The maximum Gasteiger partial charge on any atom is 0.335 e. The molecular formula is C10H10F3NO4S. The summed E-state index contributed by atoms with van der Waals surface area (Å²) in [5.74, 6) is -2.73. The van der Waals surface area contributed by atoms with Gasteiger partial charge in [-0.15, -0.1) is 0 Å². The van der Waals surface area contributed by atoms with Crippen LogP contribution in [0, 0.1) is 5.82 Å². The second kappa shape index (κ2) is 5.57. The van der Waals surface area contributed by atoms with Gasteiger partial charge in [0.15, 0.2) is 0 Å². The molecule has 106 valence electrons. The summed E-state index contributed by atoms with van der Waals surface area (Å²) in [6, 6.07) is 2.13. The van der Waals surface area contributed by atoms with Crippen LogP contribution in [0.2, 0.25) is 0 Å². The van der Waals surface area contributed by atoms with Crippen molar-refractivity contribution in [1.82, 2.24) is 4.31 Å². The largest absolute Gasteiger partial charge is 0.478 e. The third-order valence-corrected chi connectivity index (χ3v) is 4.12. The number of benzene rings is 1. The molecule has 0 bridgehead atoms. The second-order valence-electron chi connectivity index (χ2n) is 3.63.